The SMILES string of the molecule is COc1cc2c(Oc3ccc4c(c3F)C=C(C)C4)ncnc2cc1OCCCCl. The van der Waals surface area contributed by atoms with Gasteiger partial charge in [0.25, 0.3) is 0 Å². The van der Waals surface area contributed by atoms with Crippen molar-refractivity contribution in [1.82, 2.24) is 9.97 Å². The Morgan fingerprint density at radius 3 is 2.79 bits per heavy atom. The Bertz CT molecular complexity index is 1100. The summed E-state index contributed by atoms with van der Waals surface area (Å²) in [7, 11) is 1.55. The van der Waals surface area contributed by atoms with E-state index in [1.165, 1.54) is 6.33 Å². The summed E-state index contributed by atoms with van der Waals surface area (Å²) in [5, 5.41) is 0.598. The first-order valence-electron chi connectivity index (χ1n) is 9.28. The highest BCUT2D eigenvalue weighted by molar-refractivity contribution is 6.17. The summed E-state index contributed by atoms with van der Waals surface area (Å²) in [6.45, 7) is 2.45. The van der Waals surface area contributed by atoms with Crippen LogP contribution in [0.3, 0.4) is 0 Å². The highest BCUT2D eigenvalue weighted by atomic mass is 35.5. The average molecular weight is 415 g/mol. The smallest absolute Gasteiger partial charge is 0.230 e. The zero-order valence-electron chi connectivity index (χ0n) is 16.2. The molecule has 4 rings (SSSR count). The van der Waals surface area contributed by atoms with Gasteiger partial charge in [-0.15, -0.1) is 11.6 Å². The molecule has 3 aromatic rings. The Morgan fingerprint density at radius 2 is 2.00 bits per heavy atom. The molecule has 1 aromatic heterocycles. The minimum atomic E-state index is -0.390. The molecule has 1 aliphatic rings. The average Bonchev–Trinajstić information content (AvgIpc) is 3.11. The number of benzene rings is 2. The van der Waals surface area contributed by atoms with Crippen LogP contribution in [-0.4, -0.2) is 29.6 Å². The van der Waals surface area contributed by atoms with Crippen LogP contribution in [0.25, 0.3) is 17.0 Å². The fourth-order valence-electron chi connectivity index (χ4n) is 3.33. The van der Waals surface area contributed by atoms with Gasteiger partial charge in [0, 0.05) is 17.5 Å². The Morgan fingerprint density at radius 1 is 1.14 bits per heavy atom. The van der Waals surface area contributed by atoms with Crippen molar-refractivity contribution in [1.29, 1.82) is 0 Å². The Labute approximate surface area is 173 Å². The van der Waals surface area contributed by atoms with Crippen molar-refractivity contribution in [2.45, 2.75) is 19.8 Å². The van der Waals surface area contributed by atoms with Crippen LogP contribution in [-0.2, 0) is 6.42 Å². The monoisotopic (exact) mass is 414 g/mol. The molecule has 0 aliphatic heterocycles. The molecule has 0 unspecified atom stereocenters. The maximum absolute atomic E-state index is 14.9. The third-order valence-corrected chi connectivity index (χ3v) is 4.99. The largest absolute Gasteiger partial charge is 0.493 e. The summed E-state index contributed by atoms with van der Waals surface area (Å²) in [5.41, 5.74) is 3.26. The van der Waals surface area contributed by atoms with Gasteiger partial charge in [0.15, 0.2) is 23.1 Å². The number of fused-ring (bicyclic) bond motifs is 2. The molecule has 0 atom stereocenters. The topological polar surface area (TPSA) is 53.5 Å². The molecule has 5 nitrogen and oxygen atoms in total. The van der Waals surface area contributed by atoms with Crippen molar-refractivity contribution < 1.29 is 18.6 Å². The molecular formula is C22H20ClFN2O3. The van der Waals surface area contributed by atoms with Crippen LogP contribution in [0.1, 0.15) is 24.5 Å². The normalized spacial score (nSPS) is 12.6. The summed E-state index contributed by atoms with van der Waals surface area (Å²) in [5.74, 6) is 1.56. The second kappa shape index (κ2) is 8.25. The minimum Gasteiger partial charge on any atom is -0.493 e. The molecule has 0 fully saturated rings. The fraction of sp³-hybridized carbons (Fsp3) is 0.273. The molecule has 150 valence electrons. The Balaban J connectivity index is 1.71. The van der Waals surface area contributed by atoms with Crippen molar-refractivity contribution in [2.75, 3.05) is 19.6 Å². The van der Waals surface area contributed by atoms with Crippen LogP contribution in [0, 0.1) is 5.82 Å². The number of ether oxygens (including phenoxy) is 3. The summed E-state index contributed by atoms with van der Waals surface area (Å²) in [6.07, 6.45) is 4.70. The maximum atomic E-state index is 14.9. The molecule has 0 N–H and O–H groups in total. The van der Waals surface area contributed by atoms with Crippen LogP contribution < -0.4 is 14.2 Å². The summed E-state index contributed by atoms with van der Waals surface area (Å²) in [6, 6.07) is 7.00. The summed E-state index contributed by atoms with van der Waals surface area (Å²) >= 11 is 5.71. The van der Waals surface area contributed by atoms with Gasteiger partial charge in [0.2, 0.25) is 5.88 Å². The first-order valence-corrected chi connectivity index (χ1v) is 9.82. The van der Waals surface area contributed by atoms with Crippen molar-refractivity contribution >= 4 is 28.6 Å². The lowest BCUT2D eigenvalue weighted by Gasteiger charge is -2.14. The molecule has 2 aromatic carbocycles. The number of aromatic nitrogens is 2. The maximum Gasteiger partial charge on any atom is 0.230 e. The first-order chi connectivity index (χ1) is 14.1. The van der Waals surface area contributed by atoms with Gasteiger partial charge in [-0.3, -0.25) is 0 Å². The minimum absolute atomic E-state index is 0.121. The zero-order valence-corrected chi connectivity index (χ0v) is 16.9. The van der Waals surface area contributed by atoms with E-state index in [2.05, 4.69) is 9.97 Å². The van der Waals surface area contributed by atoms with Gasteiger partial charge in [-0.1, -0.05) is 17.7 Å². The summed E-state index contributed by atoms with van der Waals surface area (Å²) < 4.78 is 32.0. The molecule has 7 heteroatoms. The molecule has 0 saturated carbocycles. The number of methoxy groups -OCH3 is 1. The van der Waals surface area contributed by atoms with E-state index in [9.17, 15) is 4.39 Å². The third-order valence-electron chi connectivity index (χ3n) is 4.72. The third kappa shape index (κ3) is 3.85. The Kier molecular flexibility index (Phi) is 5.53. The lowest BCUT2D eigenvalue weighted by Crippen LogP contribution is -2.01. The predicted octanol–water partition coefficient (Wildman–Crippen LogP) is 5.54. The number of allylic oxidation sites excluding steroid dienone is 1. The first kappa shape index (κ1) is 19.5. The number of nitrogens with zero attached hydrogens (tertiary/aromatic N) is 2. The van der Waals surface area contributed by atoms with E-state index in [0.717, 1.165) is 17.6 Å². The standard InChI is InChI=1S/C22H20ClFN2O3/c1-13-8-14-4-5-18(21(24)15(14)9-13)29-22-16-10-19(27-2)20(28-7-3-6-23)11-17(16)25-12-26-22/h4-5,9-12H,3,6-8H2,1-2H3. The molecule has 0 radical (unpaired) electrons. The second-order valence-electron chi connectivity index (χ2n) is 6.81. The number of halogens is 2. The van der Waals surface area contributed by atoms with Gasteiger partial charge in [-0.25, -0.2) is 14.4 Å². The van der Waals surface area contributed by atoms with Crippen LogP contribution in [0.2, 0.25) is 0 Å². The quantitative estimate of drug-likeness (QED) is 0.375. The molecule has 0 bridgehead atoms. The van der Waals surface area contributed by atoms with E-state index < -0.39 is 0 Å². The molecule has 0 amide bonds. The van der Waals surface area contributed by atoms with Crippen molar-refractivity contribution in [3.8, 4) is 23.1 Å². The number of rotatable bonds is 7. The molecule has 1 heterocycles. The van der Waals surface area contributed by atoms with Gasteiger partial charge in [-0.2, -0.15) is 0 Å². The summed E-state index contributed by atoms with van der Waals surface area (Å²) in [4.78, 5) is 8.49. The molecule has 29 heavy (non-hydrogen) atoms. The van der Waals surface area contributed by atoms with E-state index in [1.54, 1.807) is 25.3 Å². The van der Waals surface area contributed by atoms with Gasteiger partial charge in [0.05, 0.1) is 24.6 Å². The van der Waals surface area contributed by atoms with Crippen LogP contribution >= 0.6 is 11.6 Å². The molecule has 0 saturated heterocycles. The molecule has 0 spiro atoms. The Hall–Kier alpha value is -2.86. The van der Waals surface area contributed by atoms with Crippen molar-refractivity contribution in [3.05, 3.63) is 53.1 Å². The predicted molar refractivity (Wildman–Crippen MR) is 111 cm³/mol. The number of hydrogen-bond acceptors (Lipinski definition) is 5. The van der Waals surface area contributed by atoms with E-state index in [1.807, 2.05) is 19.1 Å². The molecular weight excluding hydrogens is 395 g/mol. The highest BCUT2D eigenvalue weighted by Crippen LogP contribution is 2.38. The van der Waals surface area contributed by atoms with E-state index >= 15 is 0 Å². The van der Waals surface area contributed by atoms with Crippen LogP contribution in [0.5, 0.6) is 23.1 Å². The lowest BCUT2D eigenvalue weighted by atomic mass is 10.1. The van der Waals surface area contributed by atoms with Crippen molar-refractivity contribution in [3.63, 3.8) is 0 Å². The molecule has 1 aliphatic carbocycles. The van der Waals surface area contributed by atoms with Gasteiger partial charge < -0.3 is 14.2 Å². The highest BCUT2D eigenvalue weighted by Gasteiger charge is 2.20. The van der Waals surface area contributed by atoms with E-state index in [-0.39, 0.29) is 17.4 Å². The fourth-order valence-corrected chi connectivity index (χ4v) is 3.44. The van der Waals surface area contributed by atoms with E-state index in [4.69, 9.17) is 25.8 Å². The van der Waals surface area contributed by atoms with Crippen LogP contribution in [0.15, 0.2) is 36.2 Å². The van der Waals surface area contributed by atoms with Crippen molar-refractivity contribution in [2.24, 2.45) is 0 Å². The number of alkyl halides is 1. The van der Waals surface area contributed by atoms with Gasteiger partial charge in [-0.05, 0) is 37.5 Å². The zero-order chi connectivity index (χ0) is 20.4. The van der Waals surface area contributed by atoms with Gasteiger partial charge >= 0.3 is 0 Å². The second-order valence-corrected chi connectivity index (χ2v) is 7.19. The lowest BCUT2D eigenvalue weighted by molar-refractivity contribution is 0.295. The van der Waals surface area contributed by atoms with Crippen LogP contribution in [0.4, 0.5) is 4.39 Å². The van der Waals surface area contributed by atoms with E-state index in [0.29, 0.717) is 46.9 Å². The number of hydrogen-bond donors (Lipinski definition) is 0. The van der Waals surface area contributed by atoms with Gasteiger partial charge in [0.1, 0.15) is 6.33 Å².